The Hall–Kier alpha value is -3.14. The Morgan fingerprint density at radius 1 is 0.925 bits per heavy atom. The first-order chi connectivity index (χ1) is 19.0. The zero-order chi connectivity index (χ0) is 29.4. The number of amides is 2. The number of carbonyl (C=O) groups excluding carboxylic acids is 2. The Labute approximate surface area is 244 Å². The highest BCUT2D eigenvalue weighted by Gasteiger charge is 2.34. The second-order valence-electron chi connectivity index (χ2n) is 9.34. The van der Waals surface area contributed by atoms with Gasteiger partial charge in [-0.1, -0.05) is 67.4 Å². The SMILES string of the molecule is CC[C@H](C(=O)N[C@@H](C)CC)N(Cc1ccc(F)cc1)C(=O)CN(c1cc(Cl)cc(Cl)c1)S(=O)(=O)c1ccccc1. The zero-order valence-electron chi connectivity index (χ0n) is 22.5. The summed E-state index contributed by atoms with van der Waals surface area (Å²) in [6.07, 6.45) is 0.955. The molecule has 2 atom stereocenters. The molecule has 0 saturated carbocycles. The number of hydrogen-bond acceptors (Lipinski definition) is 4. The second-order valence-corrected chi connectivity index (χ2v) is 12.1. The van der Waals surface area contributed by atoms with Gasteiger partial charge in [-0.3, -0.25) is 13.9 Å². The van der Waals surface area contributed by atoms with E-state index in [9.17, 15) is 22.4 Å². The minimum atomic E-state index is -4.25. The number of halogens is 3. The molecule has 11 heteroatoms. The Morgan fingerprint density at radius 3 is 2.08 bits per heavy atom. The van der Waals surface area contributed by atoms with E-state index >= 15 is 0 Å². The quantitative estimate of drug-likeness (QED) is 0.271. The first kappa shape index (κ1) is 31.4. The minimum Gasteiger partial charge on any atom is -0.352 e. The van der Waals surface area contributed by atoms with Gasteiger partial charge in [0.1, 0.15) is 18.4 Å². The molecular formula is C29H32Cl2FN3O4S. The van der Waals surface area contributed by atoms with Gasteiger partial charge in [0.05, 0.1) is 10.6 Å². The van der Waals surface area contributed by atoms with Crippen LogP contribution in [0.25, 0.3) is 0 Å². The summed E-state index contributed by atoms with van der Waals surface area (Å²) in [5, 5.41) is 3.28. The van der Waals surface area contributed by atoms with Crippen LogP contribution in [-0.2, 0) is 26.2 Å². The van der Waals surface area contributed by atoms with Crippen molar-refractivity contribution in [2.24, 2.45) is 0 Å². The molecule has 214 valence electrons. The predicted molar refractivity (Wildman–Crippen MR) is 156 cm³/mol. The van der Waals surface area contributed by atoms with Gasteiger partial charge in [-0.05, 0) is 67.8 Å². The Bertz CT molecular complexity index is 1400. The third-order valence-corrected chi connectivity index (χ3v) is 8.62. The van der Waals surface area contributed by atoms with Gasteiger partial charge >= 0.3 is 0 Å². The van der Waals surface area contributed by atoms with Crippen LogP contribution < -0.4 is 9.62 Å². The third kappa shape index (κ3) is 7.96. The summed E-state index contributed by atoms with van der Waals surface area (Å²) in [7, 11) is -4.25. The van der Waals surface area contributed by atoms with Gasteiger partial charge in [0, 0.05) is 22.6 Å². The summed E-state index contributed by atoms with van der Waals surface area (Å²) in [5.74, 6) is -1.44. The molecule has 0 aliphatic heterocycles. The largest absolute Gasteiger partial charge is 0.352 e. The van der Waals surface area contributed by atoms with Crippen molar-refractivity contribution < 1.29 is 22.4 Å². The van der Waals surface area contributed by atoms with Crippen molar-refractivity contribution in [2.75, 3.05) is 10.8 Å². The Morgan fingerprint density at radius 2 is 1.52 bits per heavy atom. The molecule has 3 aromatic carbocycles. The van der Waals surface area contributed by atoms with Crippen LogP contribution in [0.15, 0.2) is 77.7 Å². The smallest absolute Gasteiger partial charge is 0.264 e. The van der Waals surface area contributed by atoms with Crippen molar-refractivity contribution in [1.82, 2.24) is 10.2 Å². The molecule has 0 fully saturated rings. The lowest BCUT2D eigenvalue weighted by molar-refractivity contribution is -0.140. The first-order valence-corrected chi connectivity index (χ1v) is 15.0. The maximum Gasteiger partial charge on any atom is 0.264 e. The number of rotatable bonds is 12. The monoisotopic (exact) mass is 607 g/mol. The van der Waals surface area contributed by atoms with Crippen molar-refractivity contribution >= 4 is 50.7 Å². The number of hydrogen-bond donors (Lipinski definition) is 1. The predicted octanol–water partition coefficient (Wildman–Crippen LogP) is 6.05. The highest BCUT2D eigenvalue weighted by atomic mass is 35.5. The number of benzene rings is 3. The van der Waals surface area contributed by atoms with E-state index in [1.165, 1.54) is 59.5 Å². The van der Waals surface area contributed by atoms with Crippen molar-refractivity contribution in [3.8, 4) is 0 Å². The van der Waals surface area contributed by atoms with Crippen LogP contribution in [0, 0.1) is 5.82 Å². The molecule has 0 aliphatic rings. The Kier molecular flexibility index (Phi) is 11.0. The van der Waals surface area contributed by atoms with Gasteiger partial charge in [-0.2, -0.15) is 0 Å². The normalized spacial score (nSPS) is 12.8. The molecule has 2 amide bonds. The van der Waals surface area contributed by atoms with Gasteiger partial charge in [-0.15, -0.1) is 0 Å². The highest BCUT2D eigenvalue weighted by Crippen LogP contribution is 2.30. The summed E-state index contributed by atoms with van der Waals surface area (Å²) < 4.78 is 42.2. The van der Waals surface area contributed by atoms with E-state index in [1.54, 1.807) is 25.1 Å². The van der Waals surface area contributed by atoms with Crippen LogP contribution in [0.5, 0.6) is 0 Å². The fourth-order valence-corrected chi connectivity index (χ4v) is 6.01. The lowest BCUT2D eigenvalue weighted by atomic mass is 10.1. The molecule has 7 nitrogen and oxygen atoms in total. The van der Waals surface area contributed by atoms with Crippen LogP contribution in [0.3, 0.4) is 0 Å². The van der Waals surface area contributed by atoms with Crippen molar-refractivity contribution in [1.29, 1.82) is 0 Å². The minimum absolute atomic E-state index is 0.0365. The van der Waals surface area contributed by atoms with Crippen LogP contribution in [0.4, 0.5) is 10.1 Å². The maximum atomic E-state index is 14.0. The van der Waals surface area contributed by atoms with Gasteiger partial charge < -0.3 is 10.2 Å². The molecule has 0 aliphatic carbocycles. The number of sulfonamides is 1. The first-order valence-electron chi connectivity index (χ1n) is 12.8. The topological polar surface area (TPSA) is 86.8 Å². The number of carbonyl (C=O) groups is 2. The second kappa shape index (κ2) is 14.0. The summed E-state index contributed by atoms with van der Waals surface area (Å²) >= 11 is 12.4. The van der Waals surface area contributed by atoms with Crippen LogP contribution >= 0.6 is 23.2 Å². The summed E-state index contributed by atoms with van der Waals surface area (Å²) in [4.78, 5) is 28.6. The van der Waals surface area contributed by atoms with Crippen molar-refractivity contribution in [2.45, 2.75) is 57.1 Å². The molecule has 0 unspecified atom stereocenters. The van der Waals surface area contributed by atoms with Crippen molar-refractivity contribution in [3.05, 3.63) is 94.2 Å². The number of nitrogens with one attached hydrogen (secondary N) is 1. The third-order valence-electron chi connectivity index (χ3n) is 6.40. The molecule has 40 heavy (non-hydrogen) atoms. The zero-order valence-corrected chi connectivity index (χ0v) is 24.8. The highest BCUT2D eigenvalue weighted by molar-refractivity contribution is 7.92. The molecule has 0 aromatic heterocycles. The van der Waals surface area contributed by atoms with E-state index in [-0.39, 0.29) is 45.5 Å². The van der Waals surface area contributed by atoms with E-state index in [2.05, 4.69) is 5.32 Å². The number of anilines is 1. The van der Waals surface area contributed by atoms with Gasteiger partial charge in [0.25, 0.3) is 10.0 Å². The molecule has 0 bridgehead atoms. The molecule has 1 N–H and O–H groups in total. The van der Waals surface area contributed by atoms with Gasteiger partial charge in [0.2, 0.25) is 11.8 Å². The van der Waals surface area contributed by atoms with E-state index in [0.717, 1.165) is 4.31 Å². The summed E-state index contributed by atoms with van der Waals surface area (Å²) in [6, 6.07) is 16.4. The standard InChI is InChI=1S/C29H32Cl2FN3O4S/c1-4-20(3)33-29(37)27(5-2)34(18-21-11-13-24(32)14-12-21)28(36)19-35(25-16-22(30)15-23(31)17-25)40(38,39)26-9-7-6-8-10-26/h6-17,20,27H,4-5,18-19H2,1-3H3,(H,33,37)/t20-,27+/m0/s1. The fourth-order valence-electron chi connectivity index (χ4n) is 4.08. The van der Waals surface area contributed by atoms with Crippen molar-refractivity contribution in [3.63, 3.8) is 0 Å². The number of nitrogens with zero attached hydrogens (tertiary/aromatic N) is 2. The lowest BCUT2D eigenvalue weighted by Gasteiger charge is -2.33. The molecule has 0 spiro atoms. The van der Waals surface area contributed by atoms with Crippen LogP contribution in [0.1, 0.15) is 39.2 Å². The van der Waals surface area contributed by atoms with Gasteiger partial charge in [-0.25, -0.2) is 12.8 Å². The summed E-state index contributed by atoms with van der Waals surface area (Å²) in [6.45, 7) is 4.87. The molecule has 0 heterocycles. The van der Waals surface area contributed by atoms with E-state index in [0.29, 0.717) is 12.0 Å². The average molecular weight is 609 g/mol. The molecule has 0 saturated heterocycles. The van der Waals surface area contributed by atoms with Crippen LogP contribution in [0.2, 0.25) is 10.0 Å². The Balaban J connectivity index is 2.07. The molecule has 0 radical (unpaired) electrons. The molecule has 3 aromatic rings. The summed E-state index contributed by atoms with van der Waals surface area (Å²) in [5.41, 5.74) is 0.668. The fraction of sp³-hybridized carbons (Fsp3) is 0.310. The van der Waals surface area contributed by atoms with E-state index in [4.69, 9.17) is 23.2 Å². The van der Waals surface area contributed by atoms with Gasteiger partial charge in [0.15, 0.2) is 0 Å². The van der Waals surface area contributed by atoms with Crippen LogP contribution in [-0.4, -0.2) is 43.8 Å². The van der Waals surface area contributed by atoms with E-state index < -0.39 is 34.3 Å². The average Bonchev–Trinajstić information content (AvgIpc) is 2.92. The molecular weight excluding hydrogens is 576 g/mol. The maximum absolute atomic E-state index is 14.0. The molecule has 3 rings (SSSR count). The lowest BCUT2D eigenvalue weighted by Crippen LogP contribution is -2.53. The van der Waals surface area contributed by atoms with E-state index in [1.807, 2.05) is 13.8 Å².